The van der Waals surface area contributed by atoms with Gasteiger partial charge >= 0.3 is 5.97 Å². The highest BCUT2D eigenvalue weighted by molar-refractivity contribution is 7.89. The van der Waals surface area contributed by atoms with Gasteiger partial charge in [0, 0.05) is 18.5 Å². The van der Waals surface area contributed by atoms with E-state index in [9.17, 15) is 13.2 Å². The van der Waals surface area contributed by atoms with Crippen molar-refractivity contribution in [3.05, 3.63) is 53.8 Å². The number of hydrazone groups is 1. The quantitative estimate of drug-likeness (QED) is 0.346. The Balaban J connectivity index is 3.23. The molecule has 124 valence electrons. The maximum Gasteiger partial charge on any atom is 0.332 e. The van der Waals surface area contributed by atoms with E-state index in [0.29, 0.717) is 0 Å². The average Bonchev–Trinajstić information content (AvgIpc) is 2.50. The van der Waals surface area contributed by atoms with Gasteiger partial charge in [-0.05, 0) is 39.0 Å². The number of rotatable bonds is 6. The summed E-state index contributed by atoms with van der Waals surface area (Å²) in [5.41, 5.74) is 1.90. The molecule has 0 aliphatic carbocycles. The predicted molar refractivity (Wildman–Crippen MR) is 89.3 cm³/mol. The van der Waals surface area contributed by atoms with E-state index in [1.54, 1.807) is 18.2 Å². The Morgan fingerprint density at radius 2 is 1.83 bits per heavy atom. The van der Waals surface area contributed by atoms with E-state index in [2.05, 4.69) is 9.84 Å². The van der Waals surface area contributed by atoms with Crippen molar-refractivity contribution in [2.45, 2.75) is 25.7 Å². The van der Waals surface area contributed by atoms with E-state index in [1.165, 1.54) is 25.5 Å². The summed E-state index contributed by atoms with van der Waals surface area (Å²) in [6.45, 7) is 5.57. The summed E-state index contributed by atoms with van der Waals surface area (Å²) >= 11 is 0. The fourth-order valence-corrected chi connectivity index (χ4v) is 2.54. The molecule has 0 aliphatic heterocycles. The lowest BCUT2D eigenvalue weighted by Crippen LogP contribution is -2.21. The normalized spacial score (nSPS) is 11.7. The molecule has 1 aromatic rings. The first-order valence-electron chi connectivity index (χ1n) is 6.82. The molecule has 1 rings (SSSR count). The highest BCUT2D eigenvalue weighted by Crippen LogP contribution is 2.17. The second-order valence-corrected chi connectivity index (χ2v) is 6.73. The van der Waals surface area contributed by atoms with Crippen LogP contribution in [0.5, 0.6) is 0 Å². The Bertz CT molecular complexity index is 728. The van der Waals surface area contributed by atoms with Gasteiger partial charge in [0.25, 0.3) is 10.0 Å². The van der Waals surface area contributed by atoms with Crippen molar-refractivity contribution in [2.75, 3.05) is 7.11 Å². The number of nitrogens with zero attached hydrogens (tertiary/aromatic N) is 2. The van der Waals surface area contributed by atoms with Crippen LogP contribution in [0.3, 0.4) is 0 Å². The van der Waals surface area contributed by atoms with Gasteiger partial charge in [-0.3, -0.25) is 0 Å². The number of ether oxygens (including phenoxy) is 1. The summed E-state index contributed by atoms with van der Waals surface area (Å²) in [5, 5.41) is 3.89. The molecule has 0 N–H and O–H groups in total. The number of esters is 1. The van der Waals surface area contributed by atoms with E-state index in [4.69, 9.17) is 0 Å². The fraction of sp³-hybridized carbons (Fsp3) is 0.250. The molecule has 6 nitrogen and oxygen atoms in total. The fourth-order valence-electron chi connectivity index (χ4n) is 1.44. The zero-order chi connectivity index (χ0) is 17.5. The molecule has 0 amide bonds. The van der Waals surface area contributed by atoms with Gasteiger partial charge in [0.1, 0.15) is 0 Å². The van der Waals surface area contributed by atoms with Crippen LogP contribution in [-0.2, 0) is 19.6 Å². The molecule has 0 radical (unpaired) electrons. The van der Waals surface area contributed by atoms with E-state index < -0.39 is 16.0 Å². The van der Waals surface area contributed by atoms with Gasteiger partial charge in [-0.2, -0.15) is 17.9 Å². The predicted octanol–water partition coefficient (Wildman–Crippen LogP) is 2.62. The van der Waals surface area contributed by atoms with Crippen LogP contribution in [0.15, 0.2) is 58.2 Å². The Morgan fingerprint density at radius 3 is 2.35 bits per heavy atom. The zero-order valence-electron chi connectivity index (χ0n) is 13.6. The molecule has 0 bridgehead atoms. The van der Waals surface area contributed by atoms with E-state index in [1.807, 2.05) is 20.8 Å². The number of allylic oxidation sites excluding steroid dienone is 2. The zero-order valence-corrected chi connectivity index (χ0v) is 14.4. The molecular weight excluding hydrogens is 316 g/mol. The van der Waals surface area contributed by atoms with Crippen molar-refractivity contribution < 1.29 is 17.9 Å². The highest BCUT2D eigenvalue weighted by atomic mass is 32.2. The molecule has 0 fully saturated rings. The minimum Gasteiger partial charge on any atom is -0.466 e. The number of carbonyl (C=O) groups is 1. The lowest BCUT2D eigenvalue weighted by Gasteiger charge is -2.14. The summed E-state index contributed by atoms with van der Waals surface area (Å²) in [6, 6.07) is 6.35. The largest absolute Gasteiger partial charge is 0.466 e. The number of methoxy groups -OCH3 is 1. The first kappa shape index (κ1) is 18.6. The number of sulfonamides is 1. The van der Waals surface area contributed by atoms with Gasteiger partial charge in [0.2, 0.25) is 0 Å². The first-order chi connectivity index (χ1) is 10.8. The first-order valence-corrected chi connectivity index (χ1v) is 8.26. The summed E-state index contributed by atoms with van der Waals surface area (Å²) in [4.78, 5) is 11.3. The van der Waals surface area contributed by atoms with Gasteiger partial charge in [-0.25, -0.2) is 4.79 Å². The van der Waals surface area contributed by atoms with Crippen molar-refractivity contribution in [3.8, 4) is 0 Å². The molecular formula is C16H20N2O4S. The van der Waals surface area contributed by atoms with Gasteiger partial charge in [-0.15, -0.1) is 0 Å². The lowest BCUT2D eigenvalue weighted by atomic mass is 10.2. The number of aryl methyl sites for hydroxylation is 1. The van der Waals surface area contributed by atoms with Crippen molar-refractivity contribution in [2.24, 2.45) is 5.10 Å². The van der Waals surface area contributed by atoms with Crippen LogP contribution in [0.4, 0.5) is 0 Å². The average molecular weight is 336 g/mol. The third kappa shape index (κ3) is 5.71. The number of hydrogen-bond acceptors (Lipinski definition) is 5. The van der Waals surface area contributed by atoms with Crippen LogP contribution in [0.1, 0.15) is 19.4 Å². The third-order valence-electron chi connectivity index (χ3n) is 2.69. The van der Waals surface area contributed by atoms with Gasteiger partial charge in [0.05, 0.1) is 12.0 Å². The molecule has 0 saturated heterocycles. The van der Waals surface area contributed by atoms with Crippen LogP contribution in [0, 0.1) is 6.92 Å². The van der Waals surface area contributed by atoms with Gasteiger partial charge < -0.3 is 4.74 Å². The Morgan fingerprint density at radius 1 is 1.22 bits per heavy atom. The number of carbonyl (C=O) groups excluding carboxylic acids is 1. The van der Waals surface area contributed by atoms with Crippen LogP contribution < -0.4 is 0 Å². The van der Waals surface area contributed by atoms with Gasteiger partial charge in [-0.1, -0.05) is 23.3 Å². The minimum absolute atomic E-state index is 0.0759. The van der Waals surface area contributed by atoms with Gasteiger partial charge in [0.15, 0.2) is 0 Å². The molecule has 0 atom stereocenters. The van der Waals surface area contributed by atoms with Crippen LogP contribution in [0.2, 0.25) is 0 Å². The van der Waals surface area contributed by atoms with Crippen molar-refractivity contribution in [1.29, 1.82) is 0 Å². The maximum absolute atomic E-state index is 12.6. The molecule has 0 spiro atoms. The molecule has 0 unspecified atom stereocenters. The van der Waals surface area contributed by atoms with Crippen molar-refractivity contribution in [3.63, 3.8) is 0 Å². The Labute approximate surface area is 136 Å². The summed E-state index contributed by atoms with van der Waals surface area (Å²) in [7, 11) is -2.70. The number of benzene rings is 1. The lowest BCUT2D eigenvalue weighted by molar-refractivity contribution is -0.134. The van der Waals surface area contributed by atoms with Crippen molar-refractivity contribution in [1.82, 2.24) is 4.41 Å². The minimum atomic E-state index is -3.91. The standard InChI is InChI=1S/C16H20N2O4S/c1-13(2)9-11-17-18(12-10-16(19)22-4)23(20,21)15-7-5-14(3)6-8-15/h5-12H,1-4H3/b12-10+,17-11+. The molecule has 0 saturated carbocycles. The molecule has 7 heteroatoms. The van der Waals surface area contributed by atoms with Crippen LogP contribution >= 0.6 is 0 Å². The topological polar surface area (TPSA) is 76.0 Å². The van der Waals surface area contributed by atoms with E-state index in [-0.39, 0.29) is 4.90 Å². The Hall–Kier alpha value is -2.41. The smallest absolute Gasteiger partial charge is 0.332 e. The summed E-state index contributed by atoms with van der Waals surface area (Å²) in [5.74, 6) is -0.675. The summed E-state index contributed by atoms with van der Waals surface area (Å²) < 4.78 is 30.4. The molecule has 0 aromatic heterocycles. The highest BCUT2D eigenvalue weighted by Gasteiger charge is 2.21. The SMILES string of the molecule is COC(=O)/C=C/N(/N=C/C=C(C)C)S(=O)(=O)c1ccc(C)cc1. The Kier molecular flexibility index (Phi) is 6.71. The van der Waals surface area contributed by atoms with E-state index >= 15 is 0 Å². The van der Waals surface area contributed by atoms with Crippen LogP contribution in [0.25, 0.3) is 0 Å². The maximum atomic E-state index is 12.6. The second kappa shape index (κ2) is 8.28. The summed E-state index contributed by atoms with van der Waals surface area (Å²) in [6.07, 6.45) is 5.05. The van der Waals surface area contributed by atoms with Crippen LogP contribution in [-0.4, -0.2) is 32.1 Å². The van der Waals surface area contributed by atoms with E-state index in [0.717, 1.165) is 27.8 Å². The molecule has 0 heterocycles. The third-order valence-corrected chi connectivity index (χ3v) is 4.27. The number of hydrogen-bond donors (Lipinski definition) is 0. The second-order valence-electron chi connectivity index (χ2n) is 4.94. The molecule has 0 aliphatic rings. The van der Waals surface area contributed by atoms with Crippen molar-refractivity contribution >= 4 is 22.2 Å². The molecule has 23 heavy (non-hydrogen) atoms. The monoisotopic (exact) mass is 336 g/mol. The molecule has 1 aromatic carbocycles.